The summed E-state index contributed by atoms with van der Waals surface area (Å²) >= 11 is 0. The highest BCUT2D eigenvalue weighted by atomic mass is 16.3. The number of amides is 1. The molecular weight excluding hydrogens is 262 g/mol. The van der Waals surface area contributed by atoms with E-state index in [-0.39, 0.29) is 11.9 Å². The predicted octanol–water partition coefficient (Wildman–Crippen LogP) is 4.37. The molecule has 1 atom stereocenters. The molecule has 0 saturated carbocycles. The van der Waals surface area contributed by atoms with Crippen LogP contribution in [0.25, 0.3) is 11.0 Å². The third-order valence-corrected chi connectivity index (χ3v) is 3.81. The Hall–Kier alpha value is -1.77. The summed E-state index contributed by atoms with van der Waals surface area (Å²) in [7, 11) is 0. The Balaban J connectivity index is 1.92. The van der Waals surface area contributed by atoms with Crippen molar-refractivity contribution in [2.24, 2.45) is 0 Å². The van der Waals surface area contributed by atoms with Crippen molar-refractivity contribution in [3.8, 4) is 0 Å². The van der Waals surface area contributed by atoms with E-state index >= 15 is 0 Å². The number of benzene rings is 1. The highest BCUT2D eigenvalue weighted by Gasteiger charge is 2.12. The molecule has 21 heavy (non-hydrogen) atoms. The first-order valence-electron chi connectivity index (χ1n) is 7.86. The number of fused-ring (bicyclic) bond motifs is 1. The van der Waals surface area contributed by atoms with Gasteiger partial charge in [-0.05, 0) is 31.9 Å². The van der Waals surface area contributed by atoms with E-state index < -0.39 is 0 Å². The van der Waals surface area contributed by atoms with Crippen LogP contribution in [0, 0.1) is 6.92 Å². The zero-order valence-electron chi connectivity index (χ0n) is 13.2. The molecule has 0 radical (unpaired) electrons. The first-order chi connectivity index (χ1) is 10.1. The third-order valence-electron chi connectivity index (χ3n) is 3.81. The van der Waals surface area contributed by atoms with Crippen molar-refractivity contribution >= 4 is 16.9 Å². The number of carbonyl (C=O) groups excluding carboxylic acids is 1. The first kappa shape index (κ1) is 15.6. The van der Waals surface area contributed by atoms with E-state index in [2.05, 4.69) is 19.2 Å². The molecule has 114 valence electrons. The summed E-state index contributed by atoms with van der Waals surface area (Å²) in [5.41, 5.74) is 2.98. The fourth-order valence-corrected chi connectivity index (χ4v) is 2.60. The number of hydrogen-bond acceptors (Lipinski definition) is 2. The first-order valence-corrected chi connectivity index (χ1v) is 7.86. The maximum Gasteiger partial charge on any atom is 0.224 e. The van der Waals surface area contributed by atoms with Crippen molar-refractivity contribution in [2.75, 3.05) is 0 Å². The molecular formula is C18H25NO2. The normalized spacial score (nSPS) is 12.5. The molecule has 1 unspecified atom stereocenters. The minimum Gasteiger partial charge on any atom is -0.464 e. The van der Waals surface area contributed by atoms with Gasteiger partial charge in [-0.25, -0.2) is 0 Å². The number of nitrogens with one attached hydrogen (secondary N) is 1. The molecule has 1 aromatic heterocycles. The van der Waals surface area contributed by atoms with Crippen LogP contribution in [0.3, 0.4) is 0 Å². The van der Waals surface area contributed by atoms with Crippen molar-refractivity contribution in [1.82, 2.24) is 5.32 Å². The van der Waals surface area contributed by atoms with Crippen molar-refractivity contribution in [3.63, 3.8) is 0 Å². The quantitative estimate of drug-likeness (QED) is 0.768. The second kappa shape index (κ2) is 7.30. The molecule has 0 saturated heterocycles. The summed E-state index contributed by atoms with van der Waals surface area (Å²) in [5, 5.41) is 4.11. The fourth-order valence-electron chi connectivity index (χ4n) is 2.60. The summed E-state index contributed by atoms with van der Waals surface area (Å²) < 4.78 is 5.54. The molecule has 1 heterocycles. The van der Waals surface area contributed by atoms with E-state index in [1.807, 2.05) is 25.1 Å². The van der Waals surface area contributed by atoms with Gasteiger partial charge in [-0.15, -0.1) is 0 Å². The van der Waals surface area contributed by atoms with Gasteiger partial charge in [0.2, 0.25) is 5.91 Å². The minimum atomic E-state index is 0.0715. The summed E-state index contributed by atoms with van der Waals surface area (Å²) in [6.45, 7) is 6.30. The van der Waals surface area contributed by atoms with Crippen LogP contribution in [0.15, 0.2) is 28.9 Å². The van der Waals surface area contributed by atoms with E-state index in [1.165, 1.54) is 19.3 Å². The summed E-state index contributed by atoms with van der Waals surface area (Å²) in [4.78, 5) is 12.1. The van der Waals surface area contributed by atoms with E-state index in [4.69, 9.17) is 4.42 Å². The Morgan fingerprint density at radius 3 is 2.90 bits per heavy atom. The number of hydrogen-bond donors (Lipinski definition) is 1. The minimum absolute atomic E-state index is 0.0715. The number of carbonyl (C=O) groups is 1. The monoisotopic (exact) mass is 287 g/mol. The van der Waals surface area contributed by atoms with Crippen molar-refractivity contribution in [1.29, 1.82) is 0 Å². The van der Waals surface area contributed by atoms with Gasteiger partial charge in [0.25, 0.3) is 0 Å². The van der Waals surface area contributed by atoms with Gasteiger partial charge < -0.3 is 9.73 Å². The Kier molecular flexibility index (Phi) is 5.43. The smallest absolute Gasteiger partial charge is 0.224 e. The molecule has 0 spiro atoms. The lowest BCUT2D eigenvalue weighted by Crippen LogP contribution is -2.33. The van der Waals surface area contributed by atoms with E-state index in [1.54, 1.807) is 6.26 Å². The van der Waals surface area contributed by atoms with Gasteiger partial charge in [-0.3, -0.25) is 4.79 Å². The van der Waals surface area contributed by atoms with Gasteiger partial charge >= 0.3 is 0 Å². The van der Waals surface area contributed by atoms with Crippen LogP contribution in [-0.4, -0.2) is 11.9 Å². The van der Waals surface area contributed by atoms with E-state index in [9.17, 15) is 4.79 Å². The average molecular weight is 287 g/mol. The SMILES string of the molecule is CCCCCC(C)NC(=O)Cc1coc2cc(C)ccc12. The molecule has 1 amide bonds. The fraction of sp³-hybridized carbons (Fsp3) is 0.500. The van der Waals surface area contributed by atoms with Crippen LogP contribution in [-0.2, 0) is 11.2 Å². The molecule has 1 N–H and O–H groups in total. The third kappa shape index (κ3) is 4.35. The van der Waals surface area contributed by atoms with Crippen molar-refractivity contribution in [2.45, 2.75) is 58.9 Å². The lowest BCUT2D eigenvalue weighted by atomic mass is 10.1. The summed E-state index contributed by atoms with van der Waals surface area (Å²) in [6.07, 6.45) is 6.74. The second-order valence-corrected chi connectivity index (χ2v) is 5.90. The molecule has 1 aromatic carbocycles. The van der Waals surface area contributed by atoms with Gasteiger partial charge in [-0.1, -0.05) is 38.3 Å². The molecule has 0 bridgehead atoms. The van der Waals surface area contributed by atoms with Gasteiger partial charge in [0, 0.05) is 17.0 Å². The van der Waals surface area contributed by atoms with Gasteiger partial charge in [0.1, 0.15) is 5.58 Å². The second-order valence-electron chi connectivity index (χ2n) is 5.90. The Bertz CT molecular complexity index is 600. The molecule has 3 heteroatoms. The van der Waals surface area contributed by atoms with Crippen molar-refractivity contribution in [3.05, 3.63) is 35.6 Å². The largest absolute Gasteiger partial charge is 0.464 e. The maximum atomic E-state index is 12.1. The van der Waals surface area contributed by atoms with Gasteiger partial charge in [0.05, 0.1) is 12.7 Å². The van der Waals surface area contributed by atoms with Crippen LogP contribution in [0.4, 0.5) is 0 Å². The van der Waals surface area contributed by atoms with Crippen LogP contribution >= 0.6 is 0 Å². The molecule has 2 rings (SSSR count). The van der Waals surface area contributed by atoms with Crippen LogP contribution in [0.5, 0.6) is 0 Å². The Labute approximate surface area is 126 Å². The highest BCUT2D eigenvalue weighted by Crippen LogP contribution is 2.22. The molecule has 0 aliphatic heterocycles. The standard InChI is InChI=1S/C18H25NO2/c1-4-5-6-7-14(3)19-18(20)11-15-12-21-17-10-13(2)8-9-16(15)17/h8-10,12,14H,4-7,11H2,1-3H3,(H,19,20). The summed E-state index contributed by atoms with van der Waals surface area (Å²) in [5.74, 6) is 0.0715. The Morgan fingerprint density at radius 2 is 2.14 bits per heavy atom. The molecule has 2 aromatic rings. The molecule has 0 fully saturated rings. The molecule has 0 aliphatic rings. The maximum absolute atomic E-state index is 12.1. The number of rotatable bonds is 7. The zero-order valence-corrected chi connectivity index (χ0v) is 13.2. The van der Waals surface area contributed by atoms with Crippen LogP contribution in [0.1, 0.15) is 50.7 Å². The van der Waals surface area contributed by atoms with Crippen LogP contribution in [0.2, 0.25) is 0 Å². The number of aryl methyl sites for hydroxylation is 1. The molecule has 3 nitrogen and oxygen atoms in total. The zero-order chi connectivity index (χ0) is 15.2. The van der Waals surface area contributed by atoms with Gasteiger partial charge in [0.15, 0.2) is 0 Å². The number of furan rings is 1. The Morgan fingerprint density at radius 1 is 1.33 bits per heavy atom. The number of unbranched alkanes of at least 4 members (excludes halogenated alkanes) is 2. The molecule has 0 aliphatic carbocycles. The summed E-state index contributed by atoms with van der Waals surface area (Å²) in [6, 6.07) is 6.32. The van der Waals surface area contributed by atoms with Crippen molar-refractivity contribution < 1.29 is 9.21 Å². The van der Waals surface area contributed by atoms with Gasteiger partial charge in [-0.2, -0.15) is 0 Å². The van der Waals surface area contributed by atoms with E-state index in [0.717, 1.165) is 28.5 Å². The lowest BCUT2D eigenvalue weighted by molar-refractivity contribution is -0.121. The topological polar surface area (TPSA) is 42.2 Å². The van der Waals surface area contributed by atoms with Crippen LogP contribution < -0.4 is 5.32 Å². The predicted molar refractivity (Wildman–Crippen MR) is 86.4 cm³/mol. The highest BCUT2D eigenvalue weighted by molar-refractivity contribution is 5.88. The average Bonchev–Trinajstić information content (AvgIpc) is 2.81. The lowest BCUT2D eigenvalue weighted by Gasteiger charge is -2.13. The van der Waals surface area contributed by atoms with E-state index in [0.29, 0.717) is 6.42 Å².